The number of aryl methyl sites for hydroxylation is 1. The predicted octanol–water partition coefficient (Wildman–Crippen LogP) is 1.52. The van der Waals surface area contributed by atoms with Gasteiger partial charge in [-0.15, -0.1) is 0 Å². The Morgan fingerprint density at radius 1 is 1.22 bits per heavy atom. The molecule has 0 bridgehead atoms. The lowest BCUT2D eigenvalue weighted by molar-refractivity contribution is -0.127. The SMILES string of the molecule is Cc1ccc(O[C@H](C)C(=O)NCCCN2CCN(C)CC2)cc1. The van der Waals surface area contributed by atoms with Crippen molar-refractivity contribution in [3.63, 3.8) is 0 Å². The van der Waals surface area contributed by atoms with Crippen LogP contribution < -0.4 is 10.1 Å². The monoisotopic (exact) mass is 319 g/mol. The van der Waals surface area contributed by atoms with Crippen molar-refractivity contribution in [2.75, 3.05) is 46.3 Å². The number of ether oxygens (including phenoxy) is 1. The van der Waals surface area contributed by atoms with Gasteiger partial charge in [0.05, 0.1) is 0 Å². The van der Waals surface area contributed by atoms with E-state index in [0.717, 1.165) is 44.9 Å². The van der Waals surface area contributed by atoms with Crippen LogP contribution in [0.2, 0.25) is 0 Å². The van der Waals surface area contributed by atoms with Crippen molar-refractivity contribution >= 4 is 5.91 Å². The standard InChI is InChI=1S/C18H29N3O2/c1-15-5-7-17(8-6-15)23-16(2)18(22)19-9-4-10-21-13-11-20(3)12-14-21/h5-8,16H,4,9-14H2,1-3H3,(H,19,22)/t16-/m1/s1. The zero-order chi connectivity index (χ0) is 16.7. The van der Waals surface area contributed by atoms with Gasteiger partial charge in [-0.1, -0.05) is 17.7 Å². The predicted molar refractivity (Wildman–Crippen MR) is 92.8 cm³/mol. The molecule has 5 nitrogen and oxygen atoms in total. The van der Waals surface area contributed by atoms with E-state index in [2.05, 4.69) is 22.2 Å². The molecule has 5 heteroatoms. The minimum Gasteiger partial charge on any atom is -0.481 e. The second kappa shape index (κ2) is 8.89. The second-order valence-electron chi connectivity index (χ2n) is 6.36. The van der Waals surface area contributed by atoms with Crippen molar-refractivity contribution in [1.82, 2.24) is 15.1 Å². The smallest absolute Gasteiger partial charge is 0.260 e. The molecule has 1 amide bonds. The van der Waals surface area contributed by atoms with Crippen LogP contribution in [0.5, 0.6) is 5.75 Å². The maximum atomic E-state index is 12.1. The molecule has 1 fully saturated rings. The third-order valence-corrected chi connectivity index (χ3v) is 4.25. The van der Waals surface area contributed by atoms with Gasteiger partial charge in [-0.2, -0.15) is 0 Å². The first kappa shape index (κ1) is 17.8. The molecule has 1 saturated heterocycles. The number of carbonyl (C=O) groups excluding carboxylic acids is 1. The highest BCUT2D eigenvalue weighted by molar-refractivity contribution is 5.80. The summed E-state index contributed by atoms with van der Waals surface area (Å²) in [4.78, 5) is 16.9. The molecule has 0 radical (unpaired) electrons. The Kier molecular flexibility index (Phi) is 6.86. The number of carbonyl (C=O) groups is 1. The largest absolute Gasteiger partial charge is 0.481 e. The quantitative estimate of drug-likeness (QED) is 0.774. The minimum atomic E-state index is -0.471. The van der Waals surface area contributed by atoms with Crippen LogP contribution in [0.4, 0.5) is 0 Å². The van der Waals surface area contributed by atoms with E-state index in [9.17, 15) is 4.79 Å². The first-order valence-corrected chi connectivity index (χ1v) is 8.46. The molecule has 1 aromatic carbocycles. The van der Waals surface area contributed by atoms with Crippen LogP contribution in [-0.2, 0) is 4.79 Å². The van der Waals surface area contributed by atoms with E-state index in [1.165, 1.54) is 5.56 Å². The number of nitrogens with one attached hydrogen (secondary N) is 1. The summed E-state index contributed by atoms with van der Waals surface area (Å²) in [6.07, 6.45) is 0.508. The Hall–Kier alpha value is -1.59. The molecule has 1 aromatic rings. The normalized spacial score (nSPS) is 17.7. The minimum absolute atomic E-state index is 0.0519. The zero-order valence-corrected chi connectivity index (χ0v) is 14.5. The molecule has 1 aliphatic heterocycles. The van der Waals surface area contributed by atoms with E-state index in [1.54, 1.807) is 6.92 Å². The molecule has 1 N–H and O–H groups in total. The Balaban J connectivity index is 1.61. The van der Waals surface area contributed by atoms with Gasteiger partial charge in [-0.25, -0.2) is 0 Å². The van der Waals surface area contributed by atoms with Crippen molar-refractivity contribution in [2.45, 2.75) is 26.4 Å². The van der Waals surface area contributed by atoms with E-state index in [1.807, 2.05) is 31.2 Å². The van der Waals surface area contributed by atoms with E-state index in [4.69, 9.17) is 4.74 Å². The summed E-state index contributed by atoms with van der Waals surface area (Å²) in [6.45, 7) is 10.1. The van der Waals surface area contributed by atoms with Gasteiger partial charge in [0.2, 0.25) is 0 Å². The van der Waals surface area contributed by atoms with Gasteiger partial charge in [0, 0.05) is 32.7 Å². The van der Waals surface area contributed by atoms with Gasteiger partial charge in [0.25, 0.3) is 5.91 Å². The van der Waals surface area contributed by atoms with Crippen LogP contribution in [0.3, 0.4) is 0 Å². The Bertz CT molecular complexity index is 482. The van der Waals surface area contributed by atoms with E-state index in [0.29, 0.717) is 6.54 Å². The molecule has 1 atom stereocenters. The second-order valence-corrected chi connectivity index (χ2v) is 6.36. The number of hydrogen-bond donors (Lipinski definition) is 1. The first-order chi connectivity index (χ1) is 11.0. The van der Waals surface area contributed by atoms with Crippen molar-refractivity contribution in [2.24, 2.45) is 0 Å². The van der Waals surface area contributed by atoms with Crippen LogP contribution in [0, 0.1) is 6.92 Å². The summed E-state index contributed by atoms with van der Waals surface area (Å²) < 4.78 is 5.66. The zero-order valence-electron chi connectivity index (χ0n) is 14.5. The van der Waals surface area contributed by atoms with Crippen LogP contribution in [0.15, 0.2) is 24.3 Å². The molecular formula is C18H29N3O2. The number of likely N-dealkylation sites (N-methyl/N-ethyl adjacent to an activating group) is 1. The van der Waals surface area contributed by atoms with Crippen LogP contribution in [-0.4, -0.2) is 68.1 Å². The average Bonchev–Trinajstić information content (AvgIpc) is 2.55. The van der Waals surface area contributed by atoms with Gasteiger partial charge in [0.1, 0.15) is 5.75 Å². The lowest BCUT2D eigenvalue weighted by atomic mass is 10.2. The highest BCUT2D eigenvalue weighted by Gasteiger charge is 2.15. The fourth-order valence-electron chi connectivity index (χ4n) is 2.60. The van der Waals surface area contributed by atoms with E-state index >= 15 is 0 Å². The van der Waals surface area contributed by atoms with Crippen LogP contribution in [0.25, 0.3) is 0 Å². The fourth-order valence-corrected chi connectivity index (χ4v) is 2.60. The van der Waals surface area contributed by atoms with Crippen molar-refractivity contribution < 1.29 is 9.53 Å². The summed E-state index contributed by atoms with van der Waals surface area (Å²) >= 11 is 0. The summed E-state index contributed by atoms with van der Waals surface area (Å²) in [7, 11) is 2.16. The molecule has 0 saturated carbocycles. The maximum absolute atomic E-state index is 12.1. The van der Waals surface area contributed by atoms with E-state index in [-0.39, 0.29) is 5.91 Å². The highest BCUT2D eigenvalue weighted by atomic mass is 16.5. The van der Waals surface area contributed by atoms with Gasteiger partial charge < -0.3 is 19.9 Å². The number of rotatable bonds is 7. The topological polar surface area (TPSA) is 44.8 Å². The maximum Gasteiger partial charge on any atom is 0.260 e. The Morgan fingerprint density at radius 3 is 2.52 bits per heavy atom. The molecule has 2 rings (SSSR count). The lowest BCUT2D eigenvalue weighted by Crippen LogP contribution is -2.45. The van der Waals surface area contributed by atoms with Gasteiger partial charge >= 0.3 is 0 Å². The molecule has 0 aliphatic carbocycles. The summed E-state index contributed by atoms with van der Waals surface area (Å²) in [5, 5.41) is 2.96. The molecule has 1 aliphatic rings. The number of amides is 1. The van der Waals surface area contributed by atoms with Crippen LogP contribution >= 0.6 is 0 Å². The lowest BCUT2D eigenvalue weighted by Gasteiger charge is -2.32. The molecule has 1 heterocycles. The van der Waals surface area contributed by atoms with E-state index < -0.39 is 6.10 Å². The molecule has 23 heavy (non-hydrogen) atoms. The van der Waals surface area contributed by atoms with Gasteiger partial charge in [-0.05, 0) is 46.0 Å². The number of benzene rings is 1. The number of piperazine rings is 1. The van der Waals surface area contributed by atoms with Gasteiger partial charge in [-0.3, -0.25) is 4.79 Å². The third-order valence-electron chi connectivity index (χ3n) is 4.25. The third kappa shape index (κ3) is 6.20. The molecule has 0 aromatic heterocycles. The highest BCUT2D eigenvalue weighted by Crippen LogP contribution is 2.13. The molecule has 0 spiro atoms. The van der Waals surface area contributed by atoms with Crippen molar-refractivity contribution in [1.29, 1.82) is 0 Å². The van der Waals surface area contributed by atoms with Gasteiger partial charge in [0.15, 0.2) is 6.10 Å². The molecule has 128 valence electrons. The fraction of sp³-hybridized carbons (Fsp3) is 0.611. The van der Waals surface area contributed by atoms with Crippen LogP contribution in [0.1, 0.15) is 18.9 Å². The van der Waals surface area contributed by atoms with Crippen molar-refractivity contribution in [3.8, 4) is 5.75 Å². The number of nitrogens with zero attached hydrogens (tertiary/aromatic N) is 2. The summed E-state index contributed by atoms with van der Waals surface area (Å²) in [5.74, 6) is 0.680. The molecular weight excluding hydrogens is 290 g/mol. The molecule has 0 unspecified atom stereocenters. The number of hydrogen-bond acceptors (Lipinski definition) is 4. The Labute approximate surface area is 139 Å². The first-order valence-electron chi connectivity index (χ1n) is 8.46. The summed E-state index contributed by atoms with van der Waals surface area (Å²) in [5.41, 5.74) is 1.18. The Morgan fingerprint density at radius 2 is 1.87 bits per heavy atom. The average molecular weight is 319 g/mol. The van der Waals surface area contributed by atoms with Crippen molar-refractivity contribution in [3.05, 3.63) is 29.8 Å². The summed E-state index contributed by atoms with van der Waals surface area (Å²) in [6, 6.07) is 7.75.